The number of hydrogen-bond acceptors (Lipinski definition) is 4. The number of benzene rings is 2. The van der Waals surface area contributed by atoms with E-state index in [1.165, 1.54) is 10.6 Å². The molecule has 1 aliphatic heterocycles. The Morgan fingerprint density at radius 2 is 1.86 bits per heavy atom. The van der Waals surface area contributed by atoms with Gasteiger partial charge in [0.25, 0.3) is 0 Å². The number of carbonyl (C=O) groups is 1. The van der Waals surface area contributed by atoms with Crippen molar-refractivity contribution in [3.63, 3.8) is 0 Å². The number of fused-ring (bicyclic) bond motifs is 3. The molecular formula is C19H12BrF3N2O4. The Morgan fingerprint density at radius 3 is 2.52 bits per heavy atom. The van der Waals surface area contributed by atoms with E-state index < -0.39 is 35.2 Å². The number of halogens is 4. The topological polar surface area (TPSA) is 84.6 Å². The quantitative estimate of drug-likeness (QED) is 0.608. The van der Waals surface area contributed by atoms with E-state index in [0.717, 1.165) is 18.2 Å². The number of aliphatic hydroxyl groups excluding tert-OH is 1. The van der Waals surface area contributed by atoms with Gasteiger partial charge in [0.05, 0.1) is 22.3 Å². The van der Waals surface area contributed by atoms with Crippen molar-refractivity contribution in [1.29, 1.82) is 0 Å². The van der Waals surface area contributed by atoms with Crippen LogP contribution in [0, 0.1) is 17.5 Å². The molecule has 0 saturated carbocycles. The van der Waals surface area contributed by atoms with E-state index >= 15 is 0 Å². The summed E-state index contributed by atoms with van der Waals surface area (Å²) in [6, 6.07) is 4.99. The number of carboxylic acid groups (broad SMARTS) is 1. The molecule has 0 bridgehead atoms. The van der Waals surface area contributed by atoms with Crippen molar-refractivity contribution in [2.45, 2.75) is 12.6 Å². The average Bonchev–Trinajstić information content (AvgIpc) is 2.94. The van der Waals surface area contributed by atoms with E-state index in [9.17, 15) is 28.2 Å². The fourth-order valence-corrected chi connectivity index (χ4v) is 3.64. The van der Waals surface area contributed by atoms with Crippen LogP contribution < -0.4 is 4.74 Å². The Kier molecular flexibility index (Phi) is 4.83. The van der Waals surface area contributed by atoms with E-state index in [1.54, 1.807) is 0 Å². The second kappa shape index (κ2) is 7.20. The van der Waals surface area contributed by atoms with Crippen molar-refractivity contribution in [3.8, 4) is 17.1 Å². The van der Waals surface area contributed by atoms with Gasteiger partial charge in [0.2, 0.25) is 0 Å². The maximum absolute atomic E-state index is 13.9. The van der Waals surface area contributed by atoms with Crippen LogP contribution in [-0.2, 0) is 6.54 Å². The van der Waals surface area contributed by atoms with Gasteiger partial charge in [0.1, 0.15) is 41.7 Å². The van der Waals surface area contributed by atoms with Crippen molar-refractivity contribution in [3.05, 3.63) is 69.2 Å². The standard InChI is InChI=1S/C19H12BrF3N2O4/c20-12-6-11-14(7-13(12)23)29-2-1-25-16(15(19(27)28)24-18(11)25)17(26)8-3-9(21)5-10(22)4-8/h3-7,17,26H,1-2H2,(H,27,28). The molecule has 1 unspecified atom stereocenters. The van der Waals surface area contributed by atoms with Crippen molar-refractivity contribution < 1.29 is 32.9 Å². The highest BCUT2D eigenvalue weighted by Crippen LogP contribution is 2.39. The van der Waals surface area contributed by atoms with Crippen LogP contribution in [-0.4, -0.2) is 32.3 Å². The lowest BCUT2D eigenvalue weighted by Gasteiger charge is -2.16. The van der Waals surface area contributed by atoms with Crippen LogP contribution in [0.5, 0.6) is 5.75 Å². The Hall–Kier alpha value is -2.85. The maximum Gasteiger partial charge on any atom is 0.356 e. The van der Waals surface area contributed by atoms with E-state index in [2.05, 4.69) is 20.9 Å². The van der Waals surface area contributed by atoms with Crippen LogP contribution in [0.15, 0.2) is 34.8 Å². The third-order valence-corrected chi connectivity index (χ3v) is 5.11. The van der Waals surface area contributed by atoms with Gasteiger partial charge in [-0.05, 0) is 39.7 Å². The average molecular weight is 469 g/mol. The first-order valence-corrected chi connectivity index (χ1v) is 9.15. The number of aromatic carboxylic acids is 1. The van der Waals surface area contributed by atoms with Crippen LogP contribution in [0.3, 0.4) is 0 Å². The Morgan fingerprint density at radius 1 is 1.17 bits per heavy atom. The summed E-state index contributed by atoms with van der Waals surface area (Å²) in [7, 11) is 0. The molecule has 29 heavy (non-hydrogen) atoms. The van der Waals surface area contributed by atoms with Gasteiger partial charge in [-0.2, -0.15) is 0 Å². The predicted octanol–water partition coefficient (Wildman–Crippen LogP) is 3.90. The molecule has 10 heteroatoms. The SMILES string of the molecule is O=C(O)c1nc2n(c1C(O)c1cc(F)cc(F)c1)CCOc1cc(F)c(Br)cc1-2. The summed E-state index contributed by atoms with van der Waals surface area (Å²) in [5, 5.41) is 20.4. The van der Waals surface area contributed by atoms with Crippen LogP contribution in [0.1, 0.15) is 27.8 Å². The number of rotatable bonds is 3. The minimum atomic E-state index is -1.67. The molecule has 0 amide bonds. The van der Waals surface area contributed by atoms with E-state index in [4.69, 9.17) is 4.74 Å². The molecule has 0 saturated heterocycles. The van der Waals surface area contributed by atoms with Gasteiger partial charge in [-0.25, -0.2) is 22.9 Å². The molecule has 1 aliphatic rings. The molecule has 2 aromatic carbocycles. The van der Waals surface area contributed by atoms with Crippen LogP contribution in [0.2, 0.25) is 0 Å². The highest BCUT2D eigenvalue weighted by Gasteiger charge is 2.31. The molecule has 1 aromatic heterocycles. The van der Waals surface area contributed by atoms with Crippen molar-refractivity contribution in [1.82, 2.24) is 9.55 Å². The van der Waals surface area contributed by atoms with Crippen molar-refractivity contribution in [2.24, 2.45) is 0 Å². The molecule has 0 fully saturated rings. The minimum absolute atomic E-state index is 0.0354. The molecule has 2 N–H and O–H groups in total. The first kappa shape index (κ1) is 19.5. The molecule has 4 rings (SSSR count). The molecule has 0 aliphatic carbocycles. The van der Waals surface area contributed by atoms with Crippen LogP contribution in [0.25, 0.3) is 11.4 Å². The van der Waals surface area contributed by atoms with Gasteiger partial charge in [0, 0.05) is 12.1 Å². The van der Waals surface area contributed by atoms with E-state index in [-0.39, 0.29) is 40.5 Å². The highest BCUT2D eigenvalue weighted by molar-refractivity contribution is 9.10. The van der Waals surface area contributed by atoms with Gasteiger partial charge in [-0.1, -0.05) is 0 Å². The molecule has 6 nitrogen and oxygen atoms in total. The fraction of sp³-hybridized carbons (Fsp3) is 0.158. The smallest absolute Gasteiger partial charge is 0.356 e. The first-order valence-electron chi connectivity index (χ1n) is 8.36. The Balaban J connectivity index is 1.95. The summed E-state index contributed by atoms with van der Waals surface area (Å²) in [4.78, 5) is 15.9. The zero-order valence-corrected chi connectivity index (χ0v) is 16.1. The highest BCUT2D eigenvalue weighted by atomic mass is 79.9. The van der Waals surface area contributed by atoms with E-state index in [0.29, 0.717) is 11.6 Å². The largest absolute Gasteiger partial charge is 0.491 e. The fourth-order valence-electron chi connectivity index (χ4n) is 3.29. The monoisotopic (exact) mass is 468 g/mol. The summed E-state index contributed by atoms with van der Waals surface area (Å²) in [6.07, 6.45) is -1.67. The number of aliphatic hydroxyl groups is 1. The molecule has 2 heterocycles. The first-order chi connectivity index (χ1) is 13.8. The third-order valence-electron chi connectivity index (χ3n) is 4.50. The number of aromatic nitrogens is 2. The lowest BCUT2D eigenvalue weighted by atomic mass is 10.0. The Labute approximate surface area is 170 Å². The van der Waals surface area contributed by atoms with Gasteiger partial charge in [-0.15, -0.1) is 0 Å². The lowest BCUT2D eigenvalue weighted by molar-refractivity contribution is 0.0684. The van der Waals surface area contributed by atoms with E-state index in [1.807, 2.05) is 0 Å². The molecule has 1 atom stereocenters. The van der Waals surface area contributed by atoms with Crippen LogP contribution >= 0.6 is 15.9 Å². The number of ether oxygens (including phenoxy) is 1. The maximum atomic E-state index is 13.9. The van der Waals surface area contributed by atoms with Gasteiger partial charge < -0.3 is 19.5 Å². The van der Waals surface area contributed by atoms with Crippen LogP contribution in [0.4, 0.5) is 13.2 Å². The molecule has 3 aromatic rings. The zero-order valence-electron chi connectivity index (χ0n) is 14.5. The second-order valence-electron chi connectivity index (χ2n) is 6.34. The van der Waals surface area contributed by atoms with Gasteiger partial charge in [0.15, 0.2) is 5.69 Å². The molecule has 0 radical (unpaired) electrons. The second-order valence-corrected chi connectivity index (χ2v) is 7.20. The van der Waals surface area contributed by atoms with Gasteiger partial charge in [-0.3, -0.25) is 0 Å². The summed E-state index contributed by atoms with van der Waals surface area (Å²) >= 11 is 3.07. The number of imidazole rings is 1. The van der Waals surface area contributed by atoms with Gasteiger partial charge >= 0.3 is 5.97 Å². The summed E-state index contributed by atoms with van der Waals surface area (Å²) < 4.78 is 48.2. The normalized spacial score (nSPS) is 13.8. The number of nitrogens with zero attached hydrogens (tertiary/aromatic N) is 2. The summed E-state index contributed by atoms with van der Waals surface area (Å²) in [6.45, 7) is 0.113. The zero-order chi connectivity index (χ0) is 20.9. The minimum Gasteiger partial charge on any atom is -0.491 e. The third kappa shape index (κ3) is 3.38. The Bertz CT molecular complexity index is 1130. The van der Waals surface area contributed by atoms with Crippen molar-refractivity contribution in [2.75, 3.05) is 6.61 Å². The molecule has 150 valence electrons. The number of hydrogen-bond donors (Lipinski definition) is 2. The molecular weight excluding hydrogens is 457 g/mol. The number of carboxylic acids is 1. The predicted molar refractivity (Wildman–Crippen MR) is 98.2 cm³/mol. The summed E-state index contributed by atoms with van der Waals surface area (Å²) in [5.74, 6) is -3.55. The summed E-state index contributed by atoms with van der Waals surface area (Å²) in [5.41, 5.74) is -0.500. The van der Waals surface area contributed by atoms with Crippen molar-refractivity contribution >= 4 is 21.9 Å². The lowest BCUT2D eigenvalue weighted by Crippen LogP contribution is -2.16. The molecule has 0 spiro atoms.